The maximum Gasteiger partial charge on any atom is 0.433 e. The number of nitrogens with zero attached hydrogens (tertiary/aromatic N) is 7. The number of fused-ring (bicyclic) bond motifs is 3. The van der Waals surface area contributed by atoms with Gasteiger partial charge >= 0.3 is 12.4 Å². The van der Waals surface area contributed by atoms with Gasteiger partial charge < -0.3 is 15.0 Å². The molecule has 1 unspecified atom stereocenters. The third kappa shape index (κ3) is 4.85. The second-order valence-corrected chi connectivity index (χ2v) is 10.2. The number of hydrogen-bond donors (Lipinski definition) is 1. The number of ether oxygens (including phenoxy) is 1. The van der Waals surface area contributed by atoms with Crippen molar-refractivity contribution < 1.29 is 31.1 Å². The molecule has 2 aliphatic rings. The Bertz CT molecular complexity index is 1540. The van der Waals surface area contributed by atoms with Crippen LogP contribution in [0, 0.1) is 0 Å². The minimum atomic E-state index is -4.85. The summed E-state index contributed by atoms with van der Waals surface area (Å²) in [5.41, 5.74) is -3.06. The summed E-state index contributed by atoms with van der Waals surface area (Å²) in [5.74, 6) is -0.0210. The Morgan fingerprint density at radius 3 is 2.50 bits per heavy atom. The van der Waals surface area contributed by atoms with Crippen molar-refractivity contribution in [3.05, 3.63) is 35.7 Å². The fourth-order valence-electron chi connectivity index (χ4n) is 5.45. The second-order valence-electron chi connectivity index (χ2n) is 10.2. The van der Waals surface area contributed by atoms with Gasteiger partial charge in [0.05, 0.1) is 10.9 Å². The zero-order chi connectivity index (χ0) is 28.2. The SMILES string of the molecule is CN1CCC[C@H](Nc2ncc(C(F)(F)F)c(-c3nn(C4CCCCO4)c4nn5c(C(F)(F)F)cccc5c34)n2)C1. The van der Waals surface area contributed by atoms with Gasteiger partial charge in [0.15, 0.2) is 11.9 Å². The van der Waals surface area contributed by atoms with E-state index in [1.807, 2.05) is 7.05 Å². The molecular weight excluding hydrogens is 542 g/mol. The number of aromatic nitrogens is 6. The van der Waals surface area contributed by atoms with Crippen LogP contribution in [0.3, 0.4) is 0 Å². The van der Waals surface area contributed by atoms with E-state index >= 15 is 0 Å². The number of halogens is 6. The van der Waals surface area contributed by atoms with Gasteiger partial charge in [0, 0.05) is 25.4 Å². The molecule has 0 spiro atoms. The first kappa shape index (κ1) is 26.7. The number of piperidine rings is 1. The number of pyridine rings is 1. The molecule has 2 saturated heterocycles. The van der Waals surface area contributed by atoms with Crippen molar-refractivity contribution in [3.8, 4) is 11.4 Å². The zero-order valence-corrected chi connectivity index (χ0v) is 21.4. The third-order valence-electron chi connectivity index (χ3n) is 7.30. The maximum absolute atomic E-state index is 14.3. The van der Waals surface area contributed by atoms with Gasteiger partial charge in [-0.15, -0.1) is 5.10 Å². The van der Waals surface area contributed by atoms with Gasteiger partial charge in [-0.2, -0.15) is 31.4 Å². The first-order valence-corrected chi connectivity index (χ1v) is 13.0. The predicted molar refractivity (Wildman–Crippen MR) is 132 cm³/mol. The second kappa shape index (κ2) is 9.87. The molecule has 0 amide bonds. The average molecular weight is 569 g/mol. The van der Waals surface area contributed by atoms with E-state index in [0.29, 0.717) is 30.3 Å². The molecule has 2 atom stereocenters. The molecule has 1 N–H and O–H groups in total. The number of rotatable bonds is 4. The topological polar surface area (TPSA) is 85.4 Å². The van der Waals surface area contributed by atoms with Crippen molar-refractivity contribution in [2.24, 2.45) is 0 Å². The summed E-state index contributed by atoms with van der Waals surface area (Å²) in [5, 5.41) is 11.8. The smallest absolute Gasteiger partial charge is 0.356 e. The van der Waals surface area contributed by atoms with E-state index in [1.165, 1.54) is 16.8 Å². The van der Waals surface area contributed by atoms with Crippen LogP contribution in [0.4, 0.5) is 32.3 Å². The number of likely N-dealkylation sites (tertiary alicyclic amines) is 1. The Morgan fingerprint density at radius 1 is 0.975 bits per heavy atom. The highest BCUT2D eigenvalue weighted by Gasteiger charge is 2.39. The van der Waals surface area contributed by atoms with E-state index in [2.05, 4.69) is 30.4 Å². The van der Waals surface area contributed by atoms with Gasteiger partial charge in [0.25, 0.3) is 0 Å². The standard InChI is InChI=1S/C25H26F6N8O/c1-37-10-5-6-14(13-37)33-23-32-12-15(24(26,27)28)20(34-23)21-19-16-7-4-8-17(25(29,30)31)38(16)36-22(19)39(35-21)18-9-2-3-11-40-18/h4,7-8,12,14,18H,2-3,5-6,9-11,13H2,1H3,(H,32,33,34)/t14-,18?/m0/s1. The molecule has 0 bridgehead atoms. The average Bonchev–Trinajstić information content (AvgIpc) is 3.45. The number of nitrogens with one attached hydrogen (secondary N) is 1. The summed E-state index contributed by atoms with van der Waals surface area (Å²) in [6.07, 6.45) is -5.90. The summed E-state index contributed by atoms with van der Waals surface area (Å²) in [4.78, 5) is 10.3. The first-order valence-electron chi connectivity index (χ1n) is 13.0. The van der Waals surface area contributed by atoms with Crippen LogP contribution in [-0.4, -0.2) is 67.0 Å². The molecule has 0 aromatic carbocycles. The van der Waals surface area contributed by atoms with Crippen LogP contribution in [0.25, 0.3) is 27.9 Å². The molecule has 0 saturated carbocycles. The number of alkyl halides is 6. The number of likely N-dealkylation sites (N-methyl/N-ethyl adjacent to an activating group) is 1. The molecule has 214 valence electrons. The third-order valence-corrected chi connectivity index (χ3v) is 7.30. The molecule has 4 aromatic heterocycles. The molecule has 2 aliphatic heterocycles. The van der Waals surface area contributed by atoms with Crippen LogP contribution in [0.1, 0.15) is 49.6 Å². The Labute approximate surface area is 224 Å². The van der Waals surface area contributed by atoms with Crippen molar-refractivity contribution in [2.75, 3.05) is 32.1 Å². The molecule has 2 fully saturated rings. The molecule has 9 nitrogen and oxygen atoms in total. The fraction of sp³-hybridized carbons (Fsp3) is 0.520. The summed E-state index contributed by atoms with van der Waals surface area (Å²) in [6.45, 7) is 1.95. The zero-order valence-electron chi connectivity index (χ0n) is 21.4. The lowest BCUT2D eigenvalue weighted by atomic mass is 10.1. The van der Waals surface area contributed by atoms with Crippen LogP contribution in [0.5, 0.6) is 0 Å². The summed E-state index contributed by atoms with van der Waals surface area (Å²) in [6, 6.07) is 3.34. The lowest BCUT2D eigenvalue weighted by Gasteiger charge is -2.30. The van der Waals surface area contributed by atoms with Gasteiger partial charge in [0.1, 0.15) is 22.6 Å². The Balaban J connectivity index is 1.58. The van der Waals surface area contributed by atoms with E-state index in [9.17, 15) is 26.3 Å². The van der Waals surface area contributed by atoms with Gasteiger partial charge in [-0.3, -0.25) is 0 Å². The molecule has 4 aromatic rings. The van der Waals surface area contributed by atoms with Crippen molar-refractivity contribution in [2.45, 2.75) is 56.7 Å². The molecule has 0 aliphatic carbocycles. The minimum Gasteiger partial charge on any atom is -0.356 e. The predicted octanol–water partition coefficient (Wildman–Crippen LogP) is 5.38. The normalized spacial score (nSPS) is 21.4. The first-order chi connectivity index (χ1) is 19.0. The summed E-state index contributed by atoms with van der Waals surface area (Å²) < 4.78 is 92.2. The van der Waals surface area contributed by atoms with E-state index in [0.717, 1.165) is 38.3 Å². The van der Waals surface area contributed by atoms with Gasteiger partial charge in [-0.1, -0.05) is 6.07 Å². The van der Waals surface area contributed by atoms with Crippen LogP contribution in [0.15, 0.2) is 24.4 Å². The molecule has 6 rings (SSSR count). The Hall–Kier alpha value is -3.46. The lowest BCUT2D eigenvalue weighted by molar-refractivity contribution is -0.142. The number of anilines is 1. The highest BCUT2D eigenvalue weighted by atomic mass is 19.4. The van der Waals surface area contributed by atoms with Gasteiger partial charge in [0.2, 0.25) is 5.95 Å². The van der Waals surface area contributed by atoms with Crippen LogP contribution < -0.4 is 5.32 Å². The van der Waals surface area contributed by atoms with Crippen molar-refractivity contribution >= 4 is 22.5 Å². The number of hydrogen-bond acceptors (Lipinski definition) is 7. The Kier molecular flexibility index (Phi) is 6.60. The molecular formula is C25H26F6N8O. The van der Waals surface area contributed by atoms with Crippen molar-refractivity contribution in [1.29, 1.82) is 0 Å². The van der Waals surface area contributed by atoms with Crippen molar-refractivity contribution in [3.63, 3.8) is 0 Å². The van der Waals surface area contributed by atoms with Gasteiger partial charge in [-0.05, 0) is 57.8 Å². The fourth-order valence-corrected chi connectivity index (χ4v) is 5.45. The molecule has 15 heteroatoms. The van der Waals surface area contributed by atoms with E-state index < -0.39 is 35.5 Å². The Morgan fingerprint density at radius 2 is 1.80 bits per heavy atom. The minimum absolute atomic E-state index is 0.0197. The van der Waals surface area contributed by atoms with Crippen LogP contribution in [-0.2, 0) is 17.1 Å². The monoisotopic (exact) mass is 568 g/mol. The van der Waals surface area contributed by atoms with Crippen LogP contribution >= 0.6 is 0 Å². The van der Waals surface area contributed by atoms with E-state index in [-0.39, 0.29) is 34.2 Å². The highest BCUT2D eigenvalue weighted by Crippen LogP contribution is 2.41. The maximum atomic E-state index is 14.3. The van der Waals surface area contributed by atoms with E-state index in [1.54, 1.807) is 0 Å². The molecule has 40 heavy (non-hydrogen) atoms. The quantitative estimate of drug-likeness (QED) is 0.331. The summed E-state index contributed by atoms with van der Waals surface area (Å²) >= 11 is 0. The largest absolute Gasteiger partial charge is 0.433 e. The lowest BCUT2D eigenvalue weighted by Crippen LogP contribution is -2.40. The van der Waals surface area contributed by atoms with E-state index in [4.69, 9.17) is 4.74 Å². The highest BCUT2D eigenvalue weighted by molar-refractivity contribution is 6.03. The molecule has 6 heterocycles. The summed E-state index contributed by atoms with van der Waals surface area (Å²) in [7, 11) is 1.95. The van der Waals surface area contributed by atoms with Gasteiger partial charge in [-0.25, -0.2) is 19.2 Å². The molecule has 0 radical (unpaired) electrons. The van der Waals surface area contributed by atoms with Crippen LogP contribution in [0.2, 0.25) is 0 Å². The van der Waals surface area contributed by atoms with Crippen molar-refractivity contribution in [1.82, 2.24) is 34.3 Å².